The highest BCUT2D eigenvalue weighted by Gasteiger charge is 2.28. The smallest absolute Gasteiger partial charge is 0.258 e. The van der Waals surface area contributed by atoms with Crippen LogP contribution < -0.4 is 10.6 Å². The third kappa shape index (κ3) is 6.04. The first-order valence-corrected chi connectivity index (χ1v) is 12.6. The van der Waals surface area contributed by atoms with Gasteiger partial charge in [-0.15, -0.1) is 22.0 Å². The fourth-order valence-corrected chi connectivity index (χ4v) is 5.51. The van der Waals surface area contributed by atoms with Crippen molar-refractivity contribution in [1.82, 2.24) is 15.5 Å². The molecule has 2 aliphatic carbocycles. The van der Waals surface area contributed by atoms with Crippen molar-refractivity contribution < 1.29 is 9.59 Å². The number of hydrogen-bond donors (Lipinski definition) is 2. The zero-order chi connectivity index (χ0) is 20.8. The Labute approximate surface area is 185 Å². The zero-order valence-electron chi connectivity index (χ0n) is 17.1. The summed E-state index contributed by atoms with van der Waals surface area (Å²) >= 11 is 2.85. The second-order valence-corrected chi connectivity index (χ2v) is 10.1. The van der Waals surface area contributed by atoms with E-state index in [1.807, 2.05) is 18.2 Å². The molecule has 2 aliphatic rings. The van der Waals surface area contributed by atoms with E-state index in [-0.39, 0.29) is 17.9 Å². The molecule has 2 amide bonds. The fraction of sp³-hybridized carbons (Fsp3) is 0.545. The van der Waals surface area contributed by atoms with Gasteiger partial charge < -0.3 is 5.32 Å². The third-order valence-electron chi connectivity index (χ3n) is 5.55. The summed E-state index contributed by atoms with van der Waals surface area (Å²) in [5, 5.41) is 15.8. The number of carbonyl (C=O) groups excluding carboxylic acids is 2. The van der Waals surface area contributed by atoms with Gasteiger partial charge in [-0.05, 0) is 37.8 Å². The molecule has 6 nitrogen and oxygen atoms in total. The molecule has 0 aliphatic heterocycles. The van der Waals surface area contributed by atoms with Crippen LogP contribution in [0, 0.1) is 0 Å². The van der Waals surface area contributed by atoms with Crippen molar-refractivity contribution in [3.05, 3.63) is 34.8 Å². The molecule has 4 rings (SSSR count). The van der Waals surface area contributed by atoms with Crippen molar-refractivity contribution in [3.63, 3.8) is 0 Å². The maximum Gasteiger partial charge on any atom is 0.258 e. The lowest BCUT2D eigenvalue weighted by Gasteiger charge is -2.21. The van der Waals surface area contributed by atoms with E-state index in [1.165, 1.54) is 55.2 Å². The number of aromatic nitrogens is 2. The second-order valence-electron chi connectivity index (χ2n) is 8.07. The zero-order valence-corrected chi connectivity index (χ0v) is 18.7. The van der Waals surface area contributed by atoms with Gasteiger partial charge >= 0.3 is 0 Å². The van der Waals surface area contributed by atoms with Crippen LogP contribution in [0.4, 0.5) is 5.13 Å². The summed E-state index contributed by atoms with van der Waals surface area (Å²) < 4.78 is 0. The highest BCUT2D eigenvalue weighted by molar-refractivity contribution is 8.00. The Morgan fingerprint density at radius 2 is 1.73 bits per heavy atom. The molecule has 2 N–H and O–H groups in total. The van der Waals surface area contributed by atoms with Crippen LogP contribution in [0.15, 0.2) is 29.2 Å². The molecule has 0 radical (unpaired) electrons. The molecule has 8 heteroatoms. The lowest BCUT2D eigenvalue weighted by Crippen LogP contribution is -2.36. The average Bonchev–Trinajstić information content (AvgIpc) is 3.48. The van der Waals surface area contributed by atoms with Gasteiger partial charge in [0.15, 0.2) is 0 Å². The molecule has 2 fully saturated rings. The first-order chi connectivity index (χ1) is 14.7. The Kier molecular flexibility index (Phi) is 7.38. The molecule has 0 atom stereocenters. The number of hydrogen-bond acceptors (Lipinski definition) is 6. The minimum atomic E-state index is -0.211. The quantitative estimate of drug-likeness (QED) is 0.588. The molecule has 160 valence electrons. The molecule has 1 heterocycles. The second kappa shape index (κ2) is 10.4. The highest BCUT2D eigenvalue weighted by Crippen LogP contribution is 2.42. The Bertz CT molecular complexity index is 874. The molecule has 1 aromatic carbocycles. The van der Waals surface area contributed by atoms with E-state index in [4.69, 9.17) is 0 Å². The molecular weight excluding hydrogens is 416 g/mol. The Morgan fingerprint density at radius 1 is 1.00 bits per heavy atom. The topological polar surface area (TPSA) is 84.0 Å². The summed E-state index contributed by atoms with van der Waals surface area (Å²) in [4.78, 5) is 26.1. The van der Waals surface area contributed by atoms with Crippen LogP contribution in [0.1, 0.15) is 79.1 Å². The van der Waals surface area contributed by atoms with Crippen LogP contribution in [0.2, 0.25) is 0 Å². The van der Waals surface area contributed by atoms with Crippen molar-refractivity contribution in [2.24, 2.45) is 0 Å². The summed E-state index contributed by atoms with van der Waals surface area (Å²) in [5.74, 6) is 0.661. The number of carbonyl (C=O) groups is 2. The number of anilines is 1. The van der Waals surface area contributed by atoms with Gasteiger partial charge in [0.1, 0.15) is 5.01 Å². The van der Waals surface area contributed by atoms with Crippen LogP contribution >= 0.6 is 23.1 Å². The first-order valence-electron chi connectivity index (χ1n) is 10.8. The summed E-state index contributed by atoms with van der Waals surface area (Å²) in [7, 11) is 0. The van der Waals surface area contributed by atoms with Crippen LogP contribution in [-0.2, 0) is 4.79 Å². The first kappa shape index (κ1) is 21.3. The largest absolute Gasteiger partial charge is 0.353 e. The molecule has 0 unspecified atom stereocenters. The van der Waals surface area contributed by atoms with Crippen LogP contribution in [0.3, 0.4) is 0 Å². The molecule has 0 spiro atoms. The van der Waals surface area contributed by atoms with Crippen LogP contribution in [-0.4, -0.2) is 33.8 Å². The maximum absolute atomic E-state index is 12.8. The van der Waals surface area contributed by atoms with Crippen molar-refractivity contribution >= 4 is 40.0 Å². The number of rotatable bonds is 7. The standard InChI is InChI=1S/C22H28N4O2S2/c27-19(23-16-8-4-2-1-3-5-9-16)14-29-18-11-7-6-10-17(18)20(28)24-22-26-25-21(30-22)15-12-13-15/h6-7,10-11,15-16H,1-5,8-9,12-14H2,(H,23,27)(H,24,26,28). The number of thioether (sulfide) groups is 1. The van der Waals surface area contributed by atoms with E-state index in [0.29, 0.717) is 22.4 Å². The molecule has 2 saturated carbocycles. The fourth-order valence-electron chi connectivity index (χ4n) is 3.74. The molecule has 1 aromatic heterocycles. The van der Waals surface area contributed by atoms with Gasteiger partial charge in [-0.3, -0.25) is 14.9 Å². The number of nitrogens with one attached hydrogen (secondary N) is 2. The van der Waals surface area contributed by atoms with Crippen molar-refractivity contribution in [2.75, 3.05) is 11.1 Å². The predicted octanol–water partition coefficient (Wildman–Crippen LogP) is 4.99. The lowest BCUT2D eigenvalue weighted by atomic mass is 9.97. The van der Waals surface area contributed by atoms with Gasteiger partial charge in [-0.1, -0.05) is 55.6 Å². The summed E-state index contributed by atoms with van der Waals surface area (Å²) in [5.41, 5.74) is 0.560. The SMILES string of the molecule is O=C(CSc1ccccc1C(=O)Nc1nnc(C2CC2)s1)NC1CCCCCCC1. The summed E-state index contributed by atoms with van der Waals surface area (Å²) in [6.07, 6.45) is 10.7. The Balaban J connectivity index is 1.31. The highest BCUT2D eigenvalue weighted by atomic mass is 32.2. The van der Waals surface area contributed by atoms with Crippen molar-refractivity contribution in [3.8, 4) is 0 Å². The van der Waals surface area contributed by atoms with E-state index in [2.05, 4.69) is 20.8 Å². The van der Waals surface area contributed by atoms with E-state index >= 15 is 0 Å². The molecule has 0 bridgehead atoms. The molecular formula is C22H28N4O2S2. The molecule has 0 saturated heterocycles. The minimum absolute atomic E-state index is 0.0407. The molecule has 2 aromatic rings. The number of benzene rings is 1. The van der Waals surface area contributed by atoms with Crippen LogP contribution in [0.25, 0.3) is 0 Å². The lowest BCUT2D eigenvalue weighted by molar-refractivity contribution is -0.119. The van der Waals surface area contributed by atoms with E-state index in [1.54, 1.807) is 6.07 Å². The Hall–Kier alpha value is -1.93. The van der Waals surface area contributed by atoms with Gasteiger partial charge in [0.25, 0.3) is 5.91 Å². The van der Waals surface area contributed by atoms with Crippen LogP contribution in [0.5, 0.6) is 0 Å². The van der Waals surface area contributed by atoms with E-state index in [0.717, 1.165) is 35.6 Å². The van der Waals surface area contributed by atoms with Crippen molar-refractivity contribution in [2.45, 2.75) is 74.6 Å². The normalized spacial score (nSPS) is 17.7. The van der Waals surface area contributed by atoms with Gasteiger partial charge in [0.05, 0.1) is 11.3 Å². The van der Waals surface area contributed by atoms with E-state index < -0.39 is 0 Å². The monoisotopic (exact) mass is 444 g/mol. The Morgan fingerprint density at radius 3 is 2.50 bits per heavy atom. The molecule has 30 heavy (non-hydrogen) atoms. The van der Waals surface area contributed by atoms with Crippen molar-refractivity contribution in [1.29, 1.82) is 0 Å². The summed E-state index contributed by atoms with van der Waals surface area (Å²) in [6, 6.07) is 7.69. The minimum Gasteiger partial charge on any atom is -0.353 e. The average molecular weight is 445 g/mol. The van der Waals surface area contributed by atoms with Gasteiger partial charge in [-0.25, -0.2) is 0 Å². The van der Waals surface area contributed by atoms with Gasteiger partial charge in [0.2, 0.25) is 11.0 Å². The summed E-state index contributed by atoms with van der Waals surface area (Å²) in [6.45, 7) is 0. The van der Waals surface area contributed by atoms with Gasteiger partial charge in [0, 0.05) is 16.9 Å². The predicted molar refractivity (Wildman–Crippen MR) is 121 cm³/mol. The third-order valence-corrected chi connectivity index (χ3v) is 7.62. The van der Waals surface area contributed by atoms with E-state index in [9.17, 15) is 9.59 Å². The number of amides is 2. The van der Waals surface area contributed by atoms with Gasteiger partial charge in [-0.2, -0.15) is 0 Å². The number of nitrogens with zero attached hydrogens (tertiary/aromatic N) is 2. The maximum atomic E-state index is 12.8.